The van der Waals surface area contributed by atoms with Crippen molar-refractivity contribution in [1.29, 1.82) is 0 Å². The lowest BCUT2D eigenvalue weighted by molar-refractivity contribution is 0.0746. The van der Waals surface area contributed by atoms with Crippen LogP contribution in [0.3, 0.4) is 0 Å². The van der Waals surface area contributed by atoms with Crippen molar-refractivity contribution in [1.82, 2.24) is 0 Å². The summed E-state index contributed by atoms with van der Waals surface area (Å²) in [5, 5.41) is 9.11. The zero-order chi connectivity index (χ0) is 8.27. The Morgan fingerprint density at radius 1 is 1.45 bits per heavy atom. The van der Waals surface area contributed by atoms with Gasteiger partial charge in [0.25, 0.3) is 0 Å². The molecule has 0 aliphatic carbocycles. The van der Waals surface area contributed by atoms with Crippen molar-refractivity contribution in [3.05, 3.63) is 29.8 Å². The van der Waals surface area contributed by atoms with Crippen molar-refractivity contribution in [2.45, 2.75) is 0 Å². The first-order valence-corrected chi connectivity index (χ1v) is 3.12. The number of rotatable bonds is 1. The maximum atomic E-state index is 10.9. The molecule has 0 amide bonds. The first-order chi connectivity index (χ1) is 5.25. The molecule has 0 radical (unpaired) electrons. The molecule has 0 heterocycles. The van der Waals surface area contributed by atoms with Gasteiger partial charge in [0, 0.05) is 0 Å². The summed E-state index contributed by atoms with van der Waals surface area (Å²) >= 11 is 0. The Labute approximate surface area is 65.1 Å². The van der Waals surface area contributed by atoms with E-state index >= 15 is 0 Å². The third-order valence-electron chi connectivity index (χ3n) is 1.31. The predicted octanol–water partition coefficient (Wildman–Crippen LogP) is 0.0971. The number of hydrogen-bond donors (Lipinski definition) is 1. The van der Waals surface area contributed by atoms with E-state index in [-0.39, 0.29) is 11.3 Å². The van der Waals surface area contributed by atoms with Gasteiger partial charge in [0.15, 0.2) is 0 Å². The van der Waals surface area contributed by atoms with Crippen LogP contribution >= 0.6 is 0 Å². The zero-order valence-corrected chi connectivity index (χ0v) is 6.07. The van der Waals surface area contributed by atoms with E-state index in [1.807, 2.05) is 0 Å². The van der Waals surface area contributed by atoms with Crippen molar-refractivity contribution < 1.29 is 14.6 Å². The predicted molar refractivity (Wildman–Crippen MR) is 42.1 cm³/mol. The molecule has 0 atom stereocenters. The average Bonchev–Trinajstić information content (AvgIpc) is 2.04. The highest BCUT2D eigenvalue weighted by Crippen LogP contribution is 2.15. The summed E-state index contributed by atoms with van der Waals surface area (Å²) in [5.41, 5.74) is 0.190. The summed E-state index contributed by atoms with van der Waals surface area (Å²) in [6.45, 7) is 0. The van der Waals surface area contributed by atoms with E-state index < -0.39 is 5.97 Å². The first-order valence-electron chi connectivity index (χ1n) is 3.12. The third kappa shape index (κ3) is 1.52. The van der Waals surface area contributed by atoms with E-state index in [0.717, 1.165) is 0 Å². The van der Waals surface area contributed by atoms with Gasteiger partial charge in [0.1, 0.15) is 5.75 Å². The fourth-order valence-corrected chi connectivity index (χ4v) is 0.756. The van der Waals surface area contributed by atoms with Crippen LogP contribution in [0.25, 0.3) is 0 Å². The minimum absolute atomic E-state index is 0.0562. The van der Waals surface area contributed by atoms with Gasteiger partial charge in [-0.2, -0.15) is 0 Å². The SMILES string of the molecule is BOC(=O)c1ccccc1O. The lowest BCUT2D eigenvalue weighted by Crippen LogP contribution is -2.01. The quantitative estimate of drug-likeness (QED) is 0.577. The van der Waals surface area contributed by atoms with E-state index in [1.54, 1.807) is 12.1 Å². The van der Waals surface area contributed by atoms with Crippen LogP contribution in [0.15, 0.2) is 24.3 Å². The lowest BCUT2D eigenvalue weighted by Gasteiger charge is -2.00. The molecule has 0 saturated heterocycles. The Kier molecular flexibility index (Phi) is 2.16. The highest BCUT2D eigenvalue weighted by molar-refractivity contribution is 6.10. The summed E-state index contributed by atoms with van der Waals surface area (Å²) in [6, 6.07) is 6.24. The van der Waals surface area contributed by atoms with Gasteiger partial charge in [-0.25, -0.2) is 4.79 Å². The van der Waals surface area contributed by atoms with Crippen LogP contribution < -0.4 is 0 Å². The maximum Gasteiger partial charge on any atom is 0.326 e. The fraction of sp³-hybridized carbons (Fsp3) is 0. The third-order valence-corrected chi connectivity index (χ3v) is 1.31. The molecule has 0 unspecified atom stereocenters. The van der Waals surface area contributed by atoms with Crippen molar-refractivity contribution >= 4 is 14.0 Å². The molecular weight excluding hydrogens is 143 g/mol. The molecule has 0 aromatic heterocycles. The van der Waals surface area contributed by atoms with Crippen LogP contribution in [0.2, 0.25) is 0 Å². The van der Waals surface area contributed by atoms with Gasteiger partial charge in [-0.15, -0.1) is 0 Å². The molecule has 0 aliphatic rings. The number of phenolic OH excluding ortho intramolecular Hbond substituents is 1. The average molecular weight is 150 g/mol. The molecule has 1 aromatic carbocycles. The van der Waals surface area contributed by atoms with Gasteiger partial charge in [-0.1, -0.05) is 12.1 Å². The second kappa shape index (κ2) is 3.10. The van der Waals surface area contributed by atoms with E-state index in [2.05, 4.69) is 4.65 Å². The highest BCUT2D eigenvalue weighted by atomic mass is 16.5. The molecule has 1 rings (SSSR count). The van der Waals surface area contributed by atoms with Crippen LogP contribution in [0.5, 0.6) is 5.75 Å². The van der Waals surface area contributed by atoms with Crippen molar-refractivity contribution in [3.8, 4) is 5.75 Å². The monoisotopic (exact) mass is 150 g/mol. The van der Waals surface area contributed by atoms with Crippen LogP contribution in [-0.4, -0.2) is 19.1 Å². The second-order valence-corrected chi connectivity index (χ2v) is 2.01. The Hall–Kier alpha value is -1.45. The lowest BCUT2D eigenvalue weighted by atomic mass is 10.2. The molecule has 1 aromatic rings. The number of carbonyl (C=O) groups excluding carboxylic acids is 1. The van der Waals surface area contributed by atoms with Crippen LogP contribution in [0, 0.1) is 0 Å². The summed E-state index contributed by atoms with van der Waals surface area (Å²) in [7, 11) is 1.27. The summed E-state index contributed by atoms with van der Waals surface area (Å²) < 4.78 is 4.42. The van der Waals surface area contributed by atoms with Gasteiger partial charge in [0.2, 0.25) is 0 Å². The summed E-state index contributed by atoms with van der Waals surface area (Å²) in [6.07, 6.45) is 0. The van der Waals surface area contributed by atoms with Crippen molar-refractivity contribution in [3.63, 3.8) is 0 Å². The number of benzene rings is 1. The topological polar surface area (TPSA) is 46.5 Å². The van der Waals surface area contributed by atoms with Gasteiger partial charge < -0.3 is 9.76 Å². The molecular formula is C7H7BO3. The van der Waals surface area contributed by atoms with E-state index in [0.29, 0.717) is 0 Å². The maximum absolute atomic E-state index is 10.9. The first kappa shape index (κ1) is 7.66. The van der Waals surface area contributed by atoms with Gasteiger partial charge >= 0.3 is 14.0 Å². The minimum atomic E-state index is -0.525. The van der Waals surface area contributed by atoms with Crippen molar-refractivity contribution in [2.75, 3.05) is 0 Å². The molecule has 0 saturated carbocycles. The Balaban J connectivity index is 3.03. The van der Waals surface area contributed by atoms with Gasteiger partial charge in [0.05, 0.1) is 5.56 Å². The van der Waals surface area contributed by atoms with E-state index in [9.17, 15) is 4.79 Å². The van der Waals surface area contributed by atoms with Gasteiger partial charge in [-0.3, -0.25) is 0 Å². The van der Waals surface area contributed by atoms with Crippen molar-refractivity contribution in [2.24, 2.45) is 0 Å². The Bertz CT molecular complexity index is 272. The molecule has 1 N–H and O–H groups in total. The Morgan fingerprint density at radius 3 is 2.64 bits per heavy atom. The van der Waals surface area contributed by atoms with Gasteiger partial charge in [-0.05, 0) is 12.1 Å². The Morgan fingerprint density at radius 2 is 2.09 bits per heavy atom. The smallest absolute Gasteiger partial charge is 0.326 e. The molecule has 0 fully saturated rings. The normalized spacial score (nSPS) is 9.09. The minimum Gasteiger partial charge on any atom is -0.540 e. The molecule has 0 spiro atoms. The second-order valence-electron chi connectivity index (χ2n) is 2.01. The number of hydrogen-bond acceptors (Lipinski definition) is 3. The largest absolute Gasteiger partial charge is 0.540 e. The molecule has 11 heavy (non-hydrogen) atoms. The fourth-order valence-electron chi connectivity index (χ4n) is 0.756. The molecule has 4 heteroatoms. The number of aromatic hydroxyl groups is 1. The summed E-state index contributed by atoms with van der Waals surface area (Å²) in [5.74, 6) is -0.581. The molecule has 0 aliphatic heterocycles. The number of para-hydroxylation sites is 1. The van der Waals surface area contributed by atoms with Crippen LogP contribution in [0.4, 0.5) is 0 Å². The van der Waals surface area contributed by atoms with Crippen LogP contribution in [0.1, 0.15) is 10.4 Å². The molecule has 3 nitrogen and oxygen atoms in total. The zero-order valence-electron chi connectivity index (χ0n) is 6.07. The highest BCUT2D eigenvalue weighted by Gasteiger charge is 2.07. The number of phenols is 1. The molecule has 56 valence electrons. The van der Waals surface area contributed by atoms with Crippen LogP contribution in [-0.2, 0) is 4.65 Å². The molecule has 0 bridgehead atoms. The van der Waals surface area contributed by atoms with E-state index in [4.69, 9.17) is 5.11 Å². The van der Waals surface area contributed by atoms with E-state index in [1.165, 1.54) is 20.2 Å². The number of carbonyl (C=O) groups is 1. The standard InChI is InChI=1S/C7H7BO3/c8-11-7(10)5-3-1-2-4-6(5)9/h1-4,9H,8H2. The summed E-state index contributed by atoms with van der Waals surface area (Å²) in [4.78, 5) is 10.9.